The number of rotatable bonds is 4. The Kier molecular flexibility index (Phi) is 3.34. The Morgan fingerprint density at radius 1 is 1.38 bits per heavy atom. The van der Waals surface area contributed by atoms with Crippen molar-refractivity contribution in [1.82, 2.24) is 10.5 Å². The smallest absolute Gasteiger partial charge is 0.331 e. The normalized spacial score (nSPS) is 21.5. The van der Waals surface area contributed by atoms with Gasteiger partial charge in [0.15, 0.2) is 11.1 Å². The molecule has 110 valence electrons. The first-order valence-electron chi connectivity index (χ1n) is 6.56. The number of carbonyl (C=O) groups is 2. The Labute approximate surface area is 119 Å². The standard InChI is InChI=1S/C14H14N2O5/c17-12(15-14(13(18)19)5-6-20-8-14)7-10-9-3-1-2-4-11(9)21-16-10/h1-4H,5-8H2,(H,15,17)(H,18,19). The number of carboxylic acid groups (broad SMARTS) is 1. The van der Waals surface area contributed by atoms with E-state index in [9.17, 15) is 14.7 Å². The highest BCUT2D eigenvalue weighted by Gasteiger charge is 2.43. The first-order chi connectivity index (χ1) is 10.1. The zero-order valence-electron chi connectivity index (χ0n) is 11.2. The molecule has 1 unspecified atom stereocenters. The van der Waals surface area contributed by atoms with E-state index in [-0.39, 0.29) is 19.4 Å². The second-order valence-corrected chi connectivity index (χ2v) is 5.04. The lowest BCUT2D eigenvalue weighted by Crippen LogP contribution is -2.55. The molecule has 0 spiro atoms. The molecule has 7 nitrogen and oxygen atoms in total. The lowest BCUT2D eigenvalue weighted by molar-refractivity contribution is -0.147. The summed E-state index contributed by atoms with van der Waals surface area (Å²) < 4.78 is 10.2. The second-order valence-electron chi connectivity index (χ2n) is 5.04. The van der Waals surface area contributed by atoms with Gasteiger partial charge in [0.25, 0.3) is 0 Å². The number of ether oxygens (including phenoxy) is 1. The van der Waals surface area contributed by atoms with Gasteiger partial charge in [-0.15, -0.1) is 0 Å². The molecule has 2 heterocycles. The zero-order valence-corrected chi connectivity index (χ0v) is 11.2. The summed E-state index contributed by atoms with van der Waals surface area (Å²) in [6.45, 7) is 0.299. The number of fused-ring (bicyclic) bond motifs is 1. The molecule has 3 rings (SSSR count). The monoisotopic (exact) mass is 290 g/mol. The summed E-state index contributed by atoms with van der Waals surface area (Å²) in [6, 6.07) is 7.20. The van der Waals surface area contributed by atoms with Crippen LogP contribution in [0.4, 0.5) is 0 Å². The number of aromatic nitrogens is 1. The van der Waals surface area contributed by atoms with Crippen molar-refractivity contribution in [3.8, 4) is 0 Å². The van der Waals surface area contributed by atoms with E-state index in [2.05, 4.69) is 10.5 Å². The molecular weight excluding hydrogens is 276 g/mol. The molecule has 2 aromatic rings. The van der Waals surface area contributed by atoms with Gasteiger partial charge in [0, 0.05) is 18.4 Å². The van der Waals surface area contributed by atoms with E-state index >= 15 is 0 Å². The van der Waals surface area contributed by atoms with Crippen molar-refractivity contribution < 1.29 is 24.0 Å². The lowest BCUT2D eigenvalue weighted by atomic mass is 9.98. The molecule has 1 amide bonds. The van der Waals surface area contributed by atoms with Crippen LogP contribution in [-0.2, 0) is 20.7 Å². The van der Waals surface area contributed by atoms with Crippen LogP contribution in [0.1, 0.15) is 12.1 Å². The van der Waals surface area contributed by atoms with Gasteiger partial charge in [-0.05, 0) is 12.1 Å². The minimum atomic E-state index is -1.34. The Bertz CT molecular complexity index is 687. The van der Waals surface area contributed by atoms with Gasteiger partial charge >= 0.3 is 5.97 Å². The number of nitrogens with zero attached hydrogens (tertiary/aromatic N) is 1. The first-order valence-corrected chi connectivity index (χ1v) is 6.56. The molecule has 0 bridgehead atoms. The maximum Gasteiger partial charge on any atom is 0.331 e. The van der Waals surface area contributed by atoms with E-state index in [0.29, 0.717) is 17.9 Å². The van der Waals surface area contributed by atoms with Crippen LogP contribution in [0, 0.1) is 0 Å². The summed E-state index contributed by atoms with van der Waals surface area (Å²) in [4.78, 5) is 23.5. The highest BCUT2D eigenvalue weighted by atomic mass is 16.5. The van der Waals surface area contributed by atoms with Crippen LogP contribution < -0.4 is 5.32 Å². The van der Waals surface area contributed by atoms with Crippen molar-refractivity contribution >= 4 is 22.8 Å². The molecule has 2 N–H and O–H groups in total. The molecule has 1 atom stereocenters. The van der Waals surface area contributed by atoms with Crippen LogP contribution >= 0.6 is 0 Å². The Hall–Kier alpha value is -2.41. The summed E-state index contributed by atoms with van der Waals surface area (Å²) in [6.07, 6.45) is 0.222. The molecule has 1 aromatic heterocycles. The number of amides is 1. The molecular formula is C14H14N2O5. The number of carboxylic acids is 1. The zero-order chi connectivity index (χ0) is 14.9. The third-order valence-electron chi connectivity index (χ3n) is 3.59. The molecule has 21 heavy (non-hydrogen) atoms. The molecule has 1 saturated heterocycles. The molecule has 1 aromatic carbocycles. The minimum Gasteiger partial charge on any atom is -0.479 e. The van der Waals surface area contributed by atoms with Crippen LogP contribution in [0.3, 0.4) is 0 Å². The molecule has 1 fully saturated rings. The molecule has 0 radical (unpaired) electrons. The maximum absolute atomic E-state index is 12.1. The Balaban J connectivity index is 1.76. The predicted octanol–water partition coefficient (Wildman–Crippen LogP) is 0.730. The van der Waals surface area contributed by atoms with Crippen molar-refractivity contribution in [2.45, 2.75) is 18.4 Å². The molecule has 7 heteroatoms. The van der Waals surface area contributed by atoms with Gasteiger partial charge in [-0.25, -0.2) is 4.79 Å². The number of aliphatic carboxylic acids is 1. The van der Waals surface area contributed by atoms with Crippen molar-refractivity contribution in [2.24, 2.45) is 0 Å². The SMILES string of the molecule is O=C(Cc1noc2ccccc12)NC1(C(=O)O)CCOC1. The molecule has 1 aliphatic heterocycles. The fourth-order valence-corrected chi connectivity index (χ4v) is 2.41. The number of hydrogen-bond donors (Lipinski definition) is 2. The van der Waals surface area contributed by atoms with E-state index in [1.54, 1.807) is 12.1 Å². The van der Waals surface area contributed by atoms with Crippen molar-refractivity contribution in [3.63, 3.8) is 0 Å². The van der Waals surface area contributed by atoms with E-state index < -0.39 is 17.4 Å². The summed E-state index contributed by atoms with van der Waals surface area (Å²) in [5.41, 5.74) is -0.253. The van der Waals surface area contributed by atoms with Crippen LogP contribution in [0.5, 0.6) is 0 Å². The van der Waals surface area contributed by atoms with Crippen LogP contribution in [0.2, 0.25) is 0 Å². The fourth-order valence-electron chi connectivity index (χ4n) is 2.41. The fraction of sp³-hybridized carbons (Fsp3) is 0.357. The maximum atomic E-state index is 12.1. The van der Waals surface area contributed by atoms with Crippen molar-refractivity contribution in [1.29, 1.82) is 0 Å². The molecule has 1 aliphatic rings. The summed E-state index contributed by atoms with van der Waals surface area (Å²) in [7, 11) is 0. The summed E-state index contributed by atoms with van der Waals surface area (Å²) in [5.74, 6) is -1.50. The first kappa shape index (κ1) is 13.6. The van der Waals surface area contributed by atoms with Crippen LogP contribution in [-0.4, -0.2) is 40.9 Å². The van der Waals surface area contributed by atoms with Crippen molar-refractivity contribution in [2.75, 3.05) is 13.2 Å². The third-order valence-corrected chi connectivity index (χ3v) is 3.59. The van der Waals surface area contributed by atoms with Gasteiger partial charge in [-0.3, -0.25) is 4.79 Å². The number of hydrogen-bond acceptors (Lipinski definition) is 5. The van der Waals surface area contributed by atoms with Crippen molar-refractivity contribution in [3.05, 3.63) is 30.0 Å². The average molecular weight is 290 g/mol. The lowest BCUT2D eigenvalue weighted by Gasteiger charge is -2.23. The minimum absolute atomic E-state index is 0.0202. The van der Waals surface area contributed by atoms with Crippen LogP contribution in [0.25, 0.3) is 11.0 Å². The van der Waals surface area contributed by atoms with E-state index in [1.807, 2.05) is 12.1 Å². The average Bonchev–Trinajstić information content (AvgIpc) is 3.08. The largest absolute Gasteiger partial charge is 0.479 e. The number of nitrogens with one attached hydrogen (secondary N) is 1. The quantitative estimate of drug-likeness (QED) is 0.860. The van der Waals surface area contributed by atoms with Gasteiger partial charge in [-0.1, -0.05) is 17.3 Å². The third kappa shape index (κ3) is 2.47. The van der Waals surface area contributed by atoms with E-state index in [0.717, 1.165) is 5.39 Å². The van der Waals surface area contributed by atoms with Gasteiger partial charge in [0.1, 0.15) is 5.69 Å². The Morgan fingerprint density at radius 3 is 2.90 bits per heavy atom. The summed E-state index contributed by atoms with van der Waals surface area (Å²) in [5, 5.41) is 16.4. The highest BCUT2D eigenvalue weighted by Crippen LogP contribution is 2.21. The molecule has 0 aliphatic carbocycles. The highest BCUT2D eigenvalue weighted by molar-refractivity contribution is 5.90. The Morgan fingerprint density at radius 2 is 2.19 bits per heavy atom. The molecule has 0 saturated carbocycles. The predicted molar refractivity (Wildman–Crippen MR) is 71.7 cm³/mol. The van der Waals surface area contributed by atoms with Gasteiger partial charge in [0.2, 0.25) is 5.91 Å². The van der Waals surface area contributed by atoms with E-state index in [4.69, 9.17) is 9.26 Å². The summed E-state index contributed by atoms with van der Waals surface area (Å²) >= 11 is 0. The number of benzene rings is 1. The van der Waals surface area contributed by atoms with Gasteiger partial charge in [0.05, 0.1) is 13.0 Å². The number of carbonyl (C=O) groups excluding carboxylic acids is 1. The van der Waals surface area contributed by atoms with E-state index in [1.165, 1.54) is 0 Å². The van der Waals surface area contributed by atoms with Gasteiger partial charge < -0.3 is 19.7 Å². The number of para-hydroxylation sites is 1. The van der Waals surface area contributed by atoms with Gasteiger partial charge in [-0.2, -0.15) is 0 Å². The topological polar surface area (TPSA) is 102 Å². The van der Waals surface area contributed by atoms with Crippen LogP contribution in [0.15, 0.2) is 28.8 Å². The second kappa shape index (κ2) is 5.17.